The Bertz CT molecular complexity index is 408. The molecule has 98 valence electrons. The van der Waals surface area contributed by atoms with Crippen LogP contribution < -0.4 is 5.84 Å². The predicted molar refractivity (Wildman–Crippen MR) is 69.6 cm³/mol. The second kappa shape index (κ2) is 5.77. The molecule has 6 heteroatoms. The van der Waals surface area contributed by atoms with E-state index < -0.39 is 4.92 Å². The maximum Gasteiger partial charge on any atom is 0.293 e. The lowest BCUT2D eigenvalue weighted by Crippen LogP contribution is -2.34. The summed E-state index contributed by atoms with van der Waals surface area (Å²) in [5.41, 5.74) is 0.261. The second-order valence-electron chi connectivity index (χ2n) is 4.71. The van der Waals surface area contributed by atoms with Gasteiger partial charge in [0.25, 0.3) is 5.70 Å². The van der Waals surface area contributed by atoms with Crippen molar-refractivity contribution in [2.24, 2.45) is 16.9 Å². The Balaban J connectivity index is 2.03. The van der Waals surface area contributed by atoms with E-state index >= 15 is 0 Å². The molecule has 0 aromatic carbocycles. The molecular formula is C12H18N4O2. The summed E-state index contributed by atoms with van der Waals surface area (Å²) in [6.45, 7) is 3.01. The highest BCUT2D eigenvalue weighted by Crippen LogP contribution is 2.18. The van der Waals surface area contributed by atoms with Gasteiger partial charge >= 0.3 is 0 Å². The van der Waals surface area contributed by atoms with Crippen LogP contribution in [0.2, 0.25) is 0 Å². The van der Waals surface area contributed by atoms with E-state index in [1.807, 2.05) is 6.08 Å². The molecule has 1 aliphatic carbocycles. The fourth-order valence-electron chi connectivity index (χ4n) is 2.46. The second-order valence-corrected chi connectivity index (χ2v) is 4.71. The molecule has 18 heavy (non-hydrogen) atoms. The van der Waals surface area contributed by atoms with Crippen molar-refractivity contribution in [3.05, 3.63) is 34.0 Å². The van der Waals surface area contributed by atoms with Crippen LogP contribution in [0.25, 0.3) is 0 Å². The number of nitrogens with zero attached hydrogens (tertiary/aromatic N) is 3. The Kier molecular flexibility index (Phi) is 4.09. The van der Waals surface area contributed by atoms with Crippen LogP contribution in [0, 0.1) is 16.0 Å². The lowest BCUT2D eigenvalue weighted by molar-refractivity contribution is -0.415. The molecule has 1 heterocycles. The van der Waals surface area contributed by atoms with Gasteiger partial charge in [0.15, 0.2) is 5.71 Å². The molecule has 2 rings (SSSR count). The Morgan fingerprint density at radius 3 is 2.78 bits per heavy atom. The van der Waals surface area contributed by atoms with Gasteiger partial charge in [-0.05, 0) is 32.0 Å². The summed E-state index contributed by atoms with van der Waals surface area (Å²) in [6.07, 6.45) is 8.97. The highest BCUT2D eigenvalue weighted by molar-refractivity contribution is 6.07. The molecule has 0 amide bonds. The van der Waals surface area contributed by atoms with Crippen molar-refractivity contribution in [1.29, 1.82) is 0 Å². The lowest BCUT2D eigenvalue weighted by atomic mass is 9.98. The van der Waals surface area contributed by atoms with E-state index in [9.17, 15) is 10.1 Å². The molecule has 2 aliphatic rings. The van der Waals surface area contributed by atoms with Gasteiger partial charge in [0.05, 0.1) is 4.92 Å². The van der Waals surface area contributed by atoms with Gasteiger partial charge in [0.2, 0.25) is 0 Å². The van der Waals surface area contributed by atoms with Gasteiger partial charge < -0.3 is 10.7 Å². The van der Waals surface area contributed by atoms with Crippen LogP contribution in [0.3, 0.4) is 0 Å². The minimum Gasteiger partial charge on any atom is -0.322 e. The van der Waals surface area contributed by atoms with E-state index in [4.69, 9.17) is 5.84 Å². The Morgan fingerprint density at radius 2 is 2.17 bits per heavy atom. The molecule has 1 atom stereocenters. The first-order valence-electron chi connectivity index (χ1n) is 6.25. The highest BCUT2D eigenvalue weighted by atomic mass is 16.6. The molecule has 6 nitrogen and oxygen atoms in total. The van der Waals surface area contributed by atoms with E-state index in [1.165, 1.54) is 19.3 Å². The van der Waals surface area contributed by atoms with Gasteiger partial charge in [-0.2, -0.15) is 5.10 Å². The normalized spacial score (nSPS) is 27.2. The third kappa shape index (κ3) is 2.95. The number of hydrogen-bond donors (Lipinski definition) is 1. The summed E-state index contributed by atoms with van der Waals surface area (Å²) < 4.78 is 0. The van der Waals surface area contributed by atoms with E-state index in [0.717, 1.165) is 19.6 Å². The van der Waals surface area contributed by atoms with Crippen LogP contribution in [0.15, 0.2) is 29.0 Å². The van der Waals surface area contributed by atoms with Gasteiger partial charge in [0, 0.05) is 18.5 Å². The largest absolute Gasteiger partial charge is 0.322 e. The van der Waals surface area contributed by atoms with Crippen LogP contribution in [0.1, 0.15) is 19.3 Å². The fourth-order valence-corrected chi connectivity index (χ4v) is 2.46. The minimum atomic E-state index is -0.418. The highest BCUT2D eigenvalue weighted by Gasteiger charge is 2.24. The Labute approximate surface area is 106 Å². The summed E-state index contributed by atoms with van der Waals surface area (Å²) in [4.78, 5) is 12.9. The van der Waals surface area contributed by atoms with Crippen molar-refractivity contribution in [3.8, 4) is 0 Å². The Hall–Kier alpha value is -1.69. The van der Waals surface area contributed by atoms with Crippen molar-refractivity contribution >= 4 is 5.71 Å². The summed E-state index contributed by atoms with van der Waals surface area (Å²) in [7, 11) is 0. The monoisotopic (exact) mass is 250 g/mol. The summed E-state index contributed by atoms with van der Waals surface area (Å²) in [5.74, 6) is 5.22. The van der Waals surface area contributed by atoms with Crippen LogP contribution in [-0.2, 0) is 0 Å². The predicted octanol–water partition coefficient (Wildman–Crippen LogP) is 1.13. The maximum absolute atomic E-state index is 10.9. The number of likely N-dealkylation sites (tertiary alicyclic amines) is 1. The number of nitro groups is 1. The average Bonchev–Trinajstić information content (AvgIpc) is 2.40. The summed E-state index contributed by atoms with van der Waals surface area (Å²) in [5, 5.41) is 14.4. The molecule has 1 fully saturated rings. The maximum atomic E-state index is 10.9. The van der Waals surface area contributed by atoms with Crippen LogP contribution in [0.5, 0.6) is 0 Å². The zero-order valence-corrected chi connectivity index (χ0v) is 10.3. The molecule has 0 aromatic rings. The smallest absolute Gasteiger partial charge is 0.293 e. The van der Waals surface area contributed by atoms with E-state index in [-0.39, 0.29) is 17.3 Å². The topological polar surface area (TPSA) is 84.8 Å². The first kappa shape index (κ1) is 12.8. The molecule has 1 saturated heterocycles. The first-order valence-corrected chi connectivity index (χ1v) is 6.25. The van der Waals surface area contributed by atoms with Gasteiger partial charge in [0.1, 0.15) is 0 Å². The lowest BCUT2D eigenvalue weighted by Gasteiger charge is -2.28. The van der Waals surface area contributed by atoms with Crippen molar-refractivity contribution in [2.75, 3.05) is 19.6 Å². The zero-order valence-electron chi connectivity index (χ0n) is 10.3. The van der Waals surface area contributed by atoms with Crippen LogP contribution in [0.4, 0.5) is 0 Å². The van der Waals surface area contributed by atoms with Gasteiger partial charge in [-0.3, -0.25) is 10.1 Å². The third-order valence-corrected chi connectivity index (χ3v) is 3.39. The molecule has 1 aliphatic heterocycles. The summed E-state index contributed by atoms with van der Waals surface area (Å²) in [6, 6.07) is 0. The van der Waals surface area contributed by atoms with Crippen LogP contribution >= 0.6 is 0 Å². The molecule has 0 saturated carbocycles. The minimum absolute atomic E-state index is 0.0157. The van der Waals surface area contributed by atoms with Crippen molar-refractivity contribution < 1.29 is 4.92 Å². The van der Waals surface area contributed by atoms with Gasteiger partial charge in [-0.25, -0.2) is 0 Å². The Morgan fingerprint density at radius 1 is 1.44 bits per heavy atom. The van der Waals surface area contributed by atoms with E-state index in [2.05, 4.69) is 10.0 Å². The van der Waals surface area contributed by atoms with Crippen molar-refractivity contribution in [2.45, 2.75) is 19.3 Å². The molecule has 2 N–H and O–H groups in total. The molecule has 0 aromatic heterocycles. The molecular weight excluding hydrogens is 232 g/mol. The van der Waals surface area contributed by atoms with Crippen LogP contribution in [-0.4, -0.2) is 35.2 Å². The average molecular weight is 250 g/mol. The number of nitrogens with two attached hydrogens (primary N) is 1. The number of piperidine rings is 1. The molecule has 0 spiro atoms. The number of allylic oxidation sites excluding steroid dienone is 1. The number of rotatable bonds is 3. The molecule has 1 unspecified atom stereocenters. The SMILES string of the molecule is N/N=C1\C=CC(CN2CCCCC2)C=C1[N+](=O)[O-]. The zero-order chi connectivity index (χ0) is 13.0. The first-order chi connectivity index (χ1) is 8.70. The van der Waals surface area contributed by atoms with Crippen molar-refractivity contribution in [1.82, 2.24) is 4.90 Å². The summed E-state index contributed by atoms with van der Waals surface area (Å²) >= 11 is 0. The quantitative estimate of drug-likeness (QED) is 0.462. The standard InChI is InChI=1S/C12H18N4O2/c13-14-11-5-4-10(8-12(11)16(17)18)9-15-6-2-1-3-7-15/h4-5,8,10H,1-3,6-7,9,13H2/b14-11+. The van der Waals surface area contributed by atoms with Gasteiger partial charge in [-0.15, -0.1) is 0 Å². The molecule has 0 bridgehead atoms. The number of hydrogen-bond acceptors (Lipinski definition) is 5. The van der Waals surface area contributed by atoms with E-state index in [0.29, 0.717) is 0 Å². The van der Waals surface area contributed by atoms with Gasteiger partial charge in [-0.1, -0.05) is 12.5 Å². The third-order valence-electron chi connectivity index (χ3n) is 3.39. The van der Waals surface area contributed by atoms with Crippen molar-refractivity contribution in [3.63, 3.8) is 0 Å². The molecule has 0 radical (unpaired) electrons. The fraction of sp³-hybridized carbons (Fsp3) is 0.583. The van der Waals surface area contributed by atoms with E-state index in [1.54, 1.807) is 12.2 Å². The number of hydrazone groups is 1.